The van der Waals surface area contributed by atoms with Gasteiger partial charge in [0.1, 0.15) is 12.4 Å². The van der Waals surface area contributed by atoms with Crippen molar-refractivity contribution in [1.82, 2.24) is 0 Å². The molecule has 0 bridgehead atoms. The Morgan fingerprint density at radius 3 is 2.67 bits per heavy atom. The molecule has 2 aromatic carbocycles. The molecular weight excluding hydrogens is 347 g/mol. The number of hydrogen-bond acceptors (Lipinski definition) is 3. The van der Waals surface area contributed by atoms with E-state index in [0.29, 0.717) is 12.2 Å². The third-order valence-corrected chi connectivity index (χ3v) is 4.80. The van der Waals surface area contributed by atoms with Crippen LogP contribution in [0.2, 0.25) is 0 Å². The Labute approximate surface area is 158 Å². The number of aryl methyl sites for hydroxylation is 1. The molecule has 0 fully saturated rings. The minimum atomic E-state index is -0.370. The van der Waals surface area contributed by atoms with Gasteiger partial charge in [0, 0.05) is 25.0 Å². The van der Waals surface area contributed by atoms with Gasteiger partial charge in [0.25, 0.3) is 5.91 Å². The topological polar surface area (TPSA) is 58.6 Å². The summed E-state index contributed by atoms with van der Waals surface area (Å²) in [7, 11) is 1.51. The van der Waals surface area contributed by atoms with Crippen molar-refractivity contribution in [2.45, 2.75) is 25.7 Å². The van der Waals surface area contributed by atoms with E-state index in [9.17, 15) is 14.0 Å². The molecule has 1 heterocycles. The van der Waals surface area contributed by atoms with Crippen LogP contribution in [-0.2, 0) is 20.7 Å². The minimum absolute atomic E-state index is 0.0532. The lowest BCUT2D eigenvalue weighted by Crippen LogP contribution is -2.37. The molecule has 0 aromatic heterocycles. The highest BCUT2D eigenvalue weighted by molar-refractivity contribution is 5.97. The van der Waals surface area contributed by atoms with Crippen LogP contribution in [0, 0.1) is 5.82 Å². The summed E-state index contributed by atoms with van der Waals surface area (Å²) in [5, 5.41) is 2.80. The van der Waals surface area contributed by atoms with Gasteiger partial charge in [-0.05, 0) is 61.2 Å². The Balaban J connectivity index is 1.76. The second-order valence-corrected chi connectivity index (χ2v) is 6.69. The summed E-state index contributed by atoms with van der Waals surface area (Å²) < 4.78 is 18.0. The number of methoxy groups -OCH3 is 1. The molecule has 2 aromatic rings. The van der Waals surface area contributed by atoms with Gasteiger partial charge in [0.15, 0.2) is 0 Å². The Morgan fingerprint density at radius 2 is 1.96 bits per heavy atom. The van der Waals surface area contributed by atoms with Crippen molar-refractivity contribution >= 4 is 23.2 Å². The standard InChI is InChI=1S/C21H23FN2O3/c1-14(21(26)23-18-8-6-17(22)7-9-18)15-5-10-19-16(12-15)4-3-11-24(19)20(25)13-27-2/h5-10,12,14H,3-4,11,13H2,1-2H3,(H,23,26). The van der Waals surface area contributed by atoms with Crippen molar-refractivity contribution in [3.05, 3.63) is 59.4 Å². The van der Waals surface area contributed by atoms with Crippen LogP contribution in [0.4, 0.5) is 15.8 Å². The number of hydrogen-bond donors (Lipinski definition) is 1. The number of carbonyl (C=O) groups is 2. The van der Waals surface area contributed by atoms with E-state index in [1.807, 2.05) is 25.1 Å². The molecule has 1 aliphatic rings. The van der Waals surface area contributed by atoms with E-state index >= 15 is 0 Å². The number of nitrogens with one attached hydrogen (secondary N) is 1. The van der Waals surface area contributed by atoms with Gasteiger partial charge in [-0.1, -0.05) is 12.1 Å². The van der Waals surface area contributed by atoms with Crippen molar-refractivity contribution in [3.63, 3.8) is 0 Å². The molecule has 27 heavy (non-hydrogen) atoms. The molecule has 0 radical (unpaired) electrons. The van der Waals surface area contributed by atoms with Crippen LogP contribution >= 0.6 is 0 Å². The van der Waals surface area contributed by atoms with Crippen molar-refractivity contribution in [3.8, 4) is 0 Å². The Kier molecular flexibility index (Phi) is 5.86. The molecule has 1 N–H and O–H groups in total. The summed E-state index contributed by atoms with van der Waals surface area (Å²) in [5.74, 6) is -0.938. The van der Waals surface area contributed by atoms with Crippen molar-refractivity contribution in [2.75, 3.05) is 30.5 Å². The van der Waals surface area contributed by atoms with E-state index in [2.05, 4.69) is 5.32 Å². The number of fused-ring (bicyclic) bond motifs is 1. The van der Waals surface area contributed by atoms with Gasteiger partial charge in [-0.3, -0.25) is 9.59 Å². The van der Waals surface area contributed by atoms with Gasteiger partial charge in [0.2, 0.25) is 5.91 Å². The number of carbonyl (C=O) groups excluding carboxylic acids is 2. The zero-order chi connectivity index (χ0) is 19.4. The summed E-state index contributed by atoms with van der Waals surface area (Å²) in [6, 6.07) is 11.5. The highest BCUT2D eigenvalue weighted by Gasteiger charge is 2.24. The van der Waals surface area contributed by atoms with Crippen LogP contribution in [0.3, 0.4) is 0 Å². The second-order valence-electron chi connectivity index (χ2n) is 6.69. The molecule has 1 atom stereocenters. The molecule has 3 rings (SSSR count). The largest absolute Gasteiger partial charge is 0.375 e. The molecule has 0 saturated heterocycles. The quantitative estimate of drug-likeness (QED) is 0.876. The first kappa shape index (κ1) is 19.0. The number of rotatable bonds is 5. The van der Waals surface area contributed by atoms with E-state index in [-0.39, 0.29) is 30.2 Å². The summed E-state index contributed by atoms with van der Waals surface area (Å²) in [4.78, 5) is 26.5. The van der Waals surface area contributed by atoms with E-state index in [1.54, 1.807) is 4.90 Å². The SMILES string of the molecule is COCC(=O)N1CCCc2cc(C(C)C(=O)Nc3ccc(F)cc3)ccc21. The third kappa shape index (κ3) is 4.34. The molecule has 0 saturated carbocycles. The Bertz CT molecular complexity index is 836. The van der Waals surface area contributed by atoms with Gasteiger partial charge in [-0.25, -0.2) is 4.39 Å². The molecule has 1 aliphatic heterocycles. The van der Waals surface area contributed by atoms with E-state index in [0.717, 1.165) is 29.7 Å². The number of ether oxygens (including phenoxy) is 1. The van der Waals surface area contributed by atoms with Crippen molar-refractivity contribution < 1.29 is 18.7 Å². The lowest BCUT2D eigenvalue weighted by Gasteiger charge is -2.30. The molecule has 142 valence electrons. The molecular formula is C21H23FN2O3. The highest BCUT2D eigenvalue weighted by Crippen LogP contribution is 2.31. The summed E-state index contributed by atoms with van der Waals surface area (Å²) in [6.45, 7) is 2.56. The number of amides is 2. The van der Waals surface area contributed by atoms with Gasteiger partial charge in [-0.15, -0.1) is 0 Å². The maximum absolute atomic E-state index is 13.0. The average molecular weight is 370 g/mol. The number of halogens is 1. The lowest BCUT2D eigenvalue weighted by atomic mass is 9.93. The number of anilines is 2. The van der Waals surface area contributed by atoms with Crippen LogP contribution < -0.4 is 10.2 Å². The van der Waals surface area contributed by atoms with E-state index in [4.69, 9.17) is 4.74 Å². The highest BCUT2D eigenvalue weighted by atomic mass is 19.1. The maximum Gasteiger partial charge on any atom is 0.252 e. The number of benzene rings is 2. The third-order valence-electron chi connectivity index (χ3n) is 4.80. The number of nitrogens with zero attached hydrogens (tertiary/aromatic N) is 1. The molecule has 2 amide bonds. The molecule has 0 spiro atoms. The average Bonchev–Trinajstić information content (AvgIpc) is 2.68. The van der Waals surface area contributed by atoms with Gasteiger partial charge >= 0.3 is 0 Å². The lowest BCUT2D eigenvalue weighted by molar-refractivity contribution is -0.122. The molecule has 1 unspecified atom stereocenters. The van der Waals surface area contributed by atoms with Crippen LogP contribution in [0.1, 0.15) is 30.4 Å². The zero-order valence-electron chi connectivity index (χ0n) is 15.5. The Hall–Kier alpha value is -2.73. The predicted molar refractivity (Wildman–Crippen MR) is 102 cm³/mol. The van der Waals surface area contributed by atoms with E-state index in [1.165, 1.54) is 31.4 Å². The van der Waals surface area contributed by atoms with Gasteiger partial charge < -0.3 is 15.0 Å². The maximum atomic E-state index is 13.0. The van der Waals surface area contributed by atoms with Crippen molar-refractivity contribution in [2.24, 2.45) is 0 Å². The molecule has 0 aliphatic carbocycles. The molecule has 5 nitrogen and oxygen atoms in total. The fraction of sp³-hybridized carbons (Fsp3) is 0.333. The first-order chi connectivity index (χ1) is 13.0. The first-order valence-corrected chi connectivity index (χ1v) is 8.98. The predicted octanol–water partition coefficient (Wildman–Crippen LogP) is 3.49. The zero-order valence-corrected chi connectivity index (χ0v) is 15.5. The van der Waals surface area contributed by atoms with Crippen LogP contribution in [0.15, 0.2) is 42.5 Å². The summed E-state index contributed by atoms with van der Waals surface area (Å²) >= 11 is 0. The van der Waals surface area contributed by atoms with Crippen LogP contribution in [-0.4, -0.2) is 32.1 Å². The summed E-state index contributed by atoms with van der Waals surface area (Å²) in [5.41, 5.74) is 3.39. The first-order valence-electron chi connectivity index (χ1n) is 8.98. The smallest absolute Gasteiger partial charge is 0.252 e. The van der Waals surface area contributed by atoms with E-state index < -0.39 is 0 Å². The molecule has 6 heteroatoms. The van der Waals surface area contributed by atoms with Crippen LogP contribution in [0.25, 0.3) is 0 Å². The van der Waals surface area contributed by atoms with Crippen molar-refractivity contribution in [1.29, 1.82) is 0 Å². The van der Waals surface area contributed by atoms with Gasteiger partial charge in [-0.2, -0.15) is 0 Å². The Morgan fingerprint density at radius 1 is 1.22 bits per heavy atom. The fourth-order valence-corrected chi connectivity index (χ4v) is 3.28. The monoisotopic (exact) mass is 370 g/mol. The second kappa shape index (κ2) is 8.31. The fourth-order valence-electron chi connectivity index (χ4n) is 3.28. The van der Waals surface area contributed by atoms with Gasteiger partial charge in [0.05, 0.1) is 5.92 Å². The van der Waals surface area contributed by atoms with Crippen LogP contribution in [0.5, 0.6) is 0 Å². The minimum Gasteiger partial charge on any atom is -0.375 e. The summed E-state index contributed by atoms with van der Waals surface area (Å²) in [6.07, 6.45) is 1.74. The normalized spacial score (nSPS) is 14.4.